The predicted molar refractivity (Wildman–Crippen MR) is 100 cm³/mol. The maximum Gasteiger partial charge on any atom is 0.201 e. The second-order valence-corrected chi connectivity index (χ2v) is 7.15. The predicted octanol–water partition coefficient (Wildman–Crippen LogP) is 5.04. The summed E-state index contributed by atoms with van der Waals surface area (Å²) in [4.78, 5) is 6.17. The number of thioether (sulfide) groups is 1. The first-order valence-corrected chi connectivity index (χ1v) is 9.52. The van der Waals surface area contributed by atoms with E-state index in [1.165, 1.54) is 4.90 Å². The van der Waals surface area contributed by atoms with E-state index < -0.39 is 0 Å². The number of anilines is 1. The molecule has 3 heterocycles. The van der Waals surface area contributed by atoms with Crippen LogP contribution in [0.15, 0.2) is 58.6 Å². The monoisotopic (exact) mass is 350 g/mol. The smallest absolute Gasteiger partial charge is 0.201 e. The van der Waals surface area contributed by atoms with Crippen LogP contribution in [0, 0.1) is 6.57 Å². The molecule has 4 nitrogen and oxygen atoms in total. The van der Waals surface area contributed by atoms with Crippen LogP contribution in [0.4, 0.5) is 5.82 Å². The highest BCUT2D eigenvalue weighted by atomic mass is 32.2. The van der Waals surface area contributed by atoms with Gasteiger partial charge >= 0.3 is 0 Å². The molecule has 0 aliphatic carbocycles. The molecule has 0 radical (unpaired) electrons. The molecule has 4 rings (SSSR count). The summed E-state index contributed by atoms with van der Waals surface area (Å²) in [6.45, 7) is 7.83. The normalized spacial score (nSPS) is 16.4. The van der Waals surface area contributed by atoms with Crippen LogP contribution in [0.25, 0.3) is 10.5 Å². The number of hydrogen-bond donors (Lipinski definition) is 2. The van der Waals surface area contributed by atoms with Crippen molar-refractivity contribution in [1.29, 1.82) is 0 Å². The topological polar surface area (TPSA) is 45.1 Å². The lowest BCUT2D eigenvalue weighted by molar-refractivity contribution is 0.937. The highest BCUT2D eigenvalue weighted by molar-refractivity contribution is 7.98. The molecule has 2 aromatic heterocycles. The largest absolute Gasteiger partial charge is 0.349 e. The van der Waals surface area contributed by atoms with E-state index in [1.807, 2.05) is 35.8 Å². The summed E-state index contributed by atoms with van der Waals surface area (Å²) in [5.41, 5.74) is 3.75. The van der Waals surface area contributed by atoms with E-state index in [0.29, 0.717) is 5.70 Å². The summed E-state index contributed by atoms with van der Waals surface area (Å²) >= 11 is 3.33. The number of rotatable bonds is 3. The van der Waals surface area contributed by atoms with Crippen LogP contribution in [-0.2, 0) is 0 Å². The minimum atomic E-state index is -0.113. The number of benzene rings is 1. The van der Waals surface area contributed by atoms with Crippen molar-refractivity contribution in [3.05, 3.63) is 81.1 Å². The highest BCUT2D eigenvalue weighted by Gasteiger charge is 2.33. The third-order valence-corrected chi connectivity index (χ3v) is 5.80. The maximum atomic E-state index is 7.83. The van der Waals surface area contributed by atoms with E-state index in [1.54, 1.807) is 23.1 Å². The average Bonchev–Trinajstić information content (AvgIpc) is 3.31. The molecule has 118 valence electrons. The summed E-state index contributed by atoms with van der Waals surface area (Å²) < 4.78 is 0. The van der Waals surface area contributed by atoms with E-state index in [-0.39, 0.29) is 5.92 Å². The first-order valence-electron chi connectivity index (χ1n) is 7.42. The minimum Gasteiger partial charge on any atom is -0.349 e. The van der Waals surface area contributed by atoms with Crippen molar-refractivity contribution in [3.63, 3.8) is 0 Å². The molecule has 2 N–H and O–H groups in total. The molecule has 0 spiro atoms. The van der Waals surface area contributed by atoms with Gasteiger partial charge < -0.3 is 5.32 Å². The standard InChI is InChI=1S/C18H14N4S2/c1-19-17-15(11-6-3-4-7-13(11)23-2)12-10-20-22-18(12)21-16(17)14-8-5-9-24-14/h3-10,15H,2H3,(H2,20,21,22). The second kappa shape index (κ2) is 6.19. The van der Waals surface area contributed by atoms with Gasteiger partial charge in [0.05, 0.1) is 24.4 Å². The first kappa shape index (κ1) is 15.1. The third kappa shape index (κ3) is 2.33. The molecule has 0 fully saturated rings. The maximum absolute atomic E-state index is 7.83. The van der Waals surface area contributed by atoms with Gasteiger partial charge in [0.1, 0.15) is 5.82 Å². The number of H-pyrrole nitrogens is 1. The summed E-state index contributed by atoms with van der Waals surface area (Å²) in [5.74, 6) is 0.755. The molecule has 1 aromatic carbocycles. The van der Waals surface area contributed by atoms with Crippen molar-refractivity contribution >= 4 is 34.6 Å². The SMILES string of the molecule is [C-]#[N+]C1=C(c2cccs2)Nc2[nH]ncc2C1c1ccccc1SC. The van der Waals surface area contributed by atoms with Crippen LogP contribution in [0.2, 0.25) is 0 Å². The lowest BCUT2D eigenvalue weighted by atomic mass is 9.86. The Balaban J connectivity index is 1.98. The third-order valence-electron chi connectivity index (χ3n) is 4.10. The summed E-state index contributed by atoms with van der Waals surface area (Å²) in [5, 5.41) is 12.6. The van der Waals surface area contributed by atoms with E-state index >= 15 is 0 Å². The lowest BCUT2D eigenvalue weighted by Gasteiger charge is -2.27. The van der Waals surface area contributed by atoms with Crippen LogP contribution in [0.3, 0.4) is 0 Å². The van der Waals surface area contributed by atoms with E-state index in [0.717, 1.165) is 27.5 Å². The van der Waals surface area contributed by atoms with Gasteiger partial charge in [-0.2, -0.15) is 5.10 Å². The molecule has 0 saturated carbocycles. The Morgan fingerprint density at radius 3 is 2.83 bits per heavy atom. The number of aromatic nitrogens is 2. The molecule has 0 amide bonds. The second-order valence-electron chi connectivity index (χ2n) is 5.35. The number of aromatic amines is 1. The number of nitrogens with zero attached hydrogens (tertiary/aromatic N) is 2. The molecule has 0 saturated heterocycles. The van der Waals surface area contributed by atoms with Crippen molar-refractivity contribution in [2.45, 2.75) is 10.8 Å². The number of nitrogens with one attached hydrogen (secondary N) is 2. The summed E-state index contributed by atoms with van der Waals surface area (Å²) in [7, 11) is 0. The van der Waals surface area contributed by atoms with Gasteiger partial charge in [-0.05, 0) is 29.3 Å². The molecule has 0 bridgehead atoms. The lowest BCUT2D eigenvalue weighted by Crippen LogP contribution is -2.16. The van der Waals surface area contributed by atoms with Crippen LogP contribution in [0.1, 0.15) is 21.9 Å². The van der Waals surface area contributed by atoms with Crippen molar-refractivity contribution in [1.82, 2.24) is 10.2 Å². The fraction of sp³-hybridized carbons (Fsp3) is 0.111. The molecule has 24 heavy (non-hydrogen) atoms. The Morgan fingerprint density at radius 2 is 2.08 bits per heavy atom. The Morgan fingerprint density at radius 1 is 1.21 bits per heavy atom. The zero-order valence-corrected chi connectivity index (χ0v) is 14.5. The summed E-state index contributed by atoms with van der Waals surface area (Å²) in [6.07, 6.45) is 3.89. The van der Waals surface area contributed by atoms with Crippen LogP contribution >= 0.6 is 23.1 Å². The molecule has 6 heteroatoms. The van der Waals surface area contributed by atoms with Gasteiger partial charge in [-0.25, -0.2) is 4.85 Å². The van der Waals surface area contributed by atoms with Gasteiger partial charge in [-0.15, -0.1) is 23.1 Å². The highest BCUT2D eigenvalue weighted by Crippen LogP contribution is 2.46. The van der Waals surface area contributed by atoms with Gasteiger partial charge in [-0.1, -0.05) is 24.3 Å². The summed E-state index contributed by atoms with van der Waals surface area (Å²) in [6, 6.07) is 12.3. The van der Waals surface area contributed by atoms with Gasteiger partial charge in [0, 0.05) is 15.3 Å². The molecule has 1 aliphatic heterocycles. The zero-order chi connectivity index (χ0) is 16.5. The van der Waals surface area contributed by atoms with Crippen LogP contribution in [-0.4, -0.2) is 16.5 Å². The molecule has 3 aromatic rings. The van der Waals surface area contributed by atoms with Gasteiger partial charge in [0.25, 0.3) is 0 Å². The Hall–Kier alpha value is -2.49. The number of fused-ring (bicyclic) bond motifs is 1. The molecule has 1 unspecified atom stereocenters. The van der Waals surface area contributed by atoms with Crippen molar-refractivity contribution in [2.75, 3.05) is 11.6 Å². The van der Waals surface area contributed by atoms with Crippen molar-refractivity contribution < 1.29 is 0 Å². The Bertz CT molecular complexity index is 948. The Kier molecular flexibility index (Phi) is 3.89. The van der Waals surface area contributed by atoms with Crippen molar-refractivity contribution in [2.24, 2.45) is 0 Å². The van der Waals surface area contributed by atoms with Gasteiger partial charge in [-0.3, -0.25) is 5.10 Å². The van der Waals surface area contributed by atoms with Crippen LogP contribution in [0.5, 0.6) is 0 Å². The van der Waals surface area contributed by atoms with Gasteiger partial charge in [0.2, 0.25) is 5.70 Å². The van der Waals surface area contributed by atoms with E-state index in [4.69, 9.17) is 6.57 Å². The fourth-order valence-corrected chi connectivity index (χ4v) is 4.41. The first-order chi connectivity index (χ1) is 11.8. The van der Waals surface area contributed by atoms with Crippen LogP contribution < -0.4 is 5.32 Å². The fourth-order valence-electron chi connectivity index (χ4n) is 3.04. The van der Waals surface area contributed by atoms with Gasteiger partial charge in [0.15, 0.2) is 0 Å². The van der Waals surface area contributed by atoms with E-state index in [9.17, 15) is 0 Å². The average molecular weight is 350 g/mol. The minimum absolute atomic E-state index is 0.113. The number of allylic oxidation sites excluding steroid dienone is 1. The Labute approximate surface area is 148 Å². The number of thiophene rings is 1. The molecule has 1 aliphatic rings. The quantitative estimate of drug-likeness (QED) is 0.514. The molecular weight excluding hydrogens is 336 g/mol. The van der Waals surface area contributed by atoms with E-state index in [2.05, 4.69) is 38.7 Å². The molecule has 1 atom stereocenters. The number of hydrogen-bond acceptors (Lipinski definition) is 4. The molecular formula is C18H14N4S2. The zero-order valence-electron chi connectivity index (χ0n) is 12.9. The van der Waals surface area contributed by atoms with Crippen molar-refractivity contribution in [3.8, 4) is 0 Å².